The summed E-state index contributed by atoms with van der Waals surface area (Å²) in [5.74, 6) is -0.246. The number of anilines is 1. The summed E-state index contributed by atoms with van der Waals surface area (Å²) in [4.78, 5) is 25.9. The van der Waals surface area contributed by atoms with Crippen molar-refractivity contribution in [1.82, 2.24) is 15.1 Å². The fourth-order valence-corrected chi connectivity index (χ4v) is 2.77. The van der Waals surface area contributed by atoms with Crippen molar-refractivity contribution in [1.29, 1.82) is 0 Å². The number of carbonyl (C=O) groups excluding carboxylic acids is 2. The molecule has 6 nitrogen and oxygen atoms in total. The van der Waals surface area contributed by atoms with Gasteiger partial charge in [0.25, 0.3) is 0 Å². The number of nitrogens with one attached hydrogen (secondary N) is 2. The van der Waals surface area contributed by atoms with Crippen molar-refractivity contribution >= 4 is 23.6 Å². The Morgan fingerprint density at radius 2 is 2.13 bits per heavy atom. The maximum Gasteiger partial charge on any atom is 0.226 e. The van der Waals surface area contributed by atoms with Crippen LogP contribution in [-0.2, 0) is 9.59 Å². The number of benzene rings is 1. The Morgan fingerprint density at radius 1 is 1.35 bits per heavy atom. The summed E-state index contributed by atoms with van der Waals surface area (Å²) in [6.07, 6.45) is 5.40. The number of hydrogen-bond acceptors (Lipinski definition) is 3. The molecule has 3 rings (SSSR count). The fraction of sp³-hybridized carbons (Fsp3) is 0.235. The number of H-pyrrole nitrogens is 1. The van der Waals surface area contributed by atoms with Gasteiger partial charge in [0.05, 0.1) is 30.0 Å². The van der Waals surface area contributed by atoms with Crippen LogP contribution in [0.15, 0.2) is 36.7 Å². The molecule has 1 aliphatic rings. The maximum atomic E-state index is 12.4. The van der Waals surface area contributed by atoms with Crippen molar-refractivity contribution in [2.24, 2.45) is 0 Å². The van der Waals surface area contributed by atoms with Crippen LogP contribution in [0.25, 0.3) is 6.08 Å². The number of carbonyl (C=O) groups is 2. The highest BCUT2D eigenvalue weighted by atomic mass is 16.2. The van der Waals surface area contributed by atoms with E-state index in [1.165, 1.54) is 6.92 Å². The van der Waals surface area contributed by atoms with E-state index in [0.717, 1.165) is 16.8 Å². The summed E-state index contributed by atoms with van der Waals surface area (Å²) in [6.45, 7) is 3.34. The molecule has 0 spiro atoms. The summed E-state index contributed by atoms with van der Waals surface area (Å²) in [5.41, 5.74) is 3.46. The van der Waals surface area contributed by atoms with Crippen molar-refractivity contribution < 1.29 is 9.59 Å². The van der Waals surface area contributed by atoms with Crippen LogP contribution < -0.4 is 5.32 Å². The van der Waals surface area contributed by atoms with Crippen LogP contribution in [0.4, 0.5) is 5.69 Å². The molecule has 0 aliphatic carbocycles. The van der Waals surface area contributed by atoms with Gasteiger partial charge >= 0.3 is 0 Å². The summed E-state index contributed by atoms with van der Waals surface area (Å²) >= 11 is 0. The van der Waals surface area contributed by atoms with Crippen LogP contribution in [0.2, 0.25) is 0 Å². The van der Waals surface area contributed by atoms with E-state index in [1.807, 2.05) is 37.3 Å². The van der Waals surface area contributed by atoms with Crippen LogP contribution in [0.3, 0.4) is 0 Å². The monoisotopic (exact) mass is 310 g/mol. The van der Waals surface area contributed by atoms with E-state index >= 15 is 0 Å². The number of aromatic amines is 1. The highest BCUT2D eigenvalue weighted by molar-refractivity contribution is 5.92. The molecule has 0 bridgehead atoms. The third kappa shape index (κ3) is 3.01. The first-order valence-electron chi connectivity index (χ1n) is 7.42. The quantitative estimate of drug-likeness (QED) is 0.914. The molecule has 23 heavy (non-hydrogen) atoms. The number of amides is 2. The molecule has 1 aromatic heterocycles. The molecule has 6 heteroatoms. The number of rotatable bonds is 3. The predicted molar refractivity (Wildman–Crippen MR) is 87.3 cm³/mol. The lowest BCUT2D eigenvalue weighted by Gasteiger charge is -2.32. The molecule has 2 aromatic rings. The van der Waals surface area contributed by atoms with Gasteiger partial charge in [-0.05, 0) is 24.1 Å². The molecule has 1 aliphatic heterocycles. The lowest BCUT2D eigenvalue weighted by atomic mass is 9.93. The molecule has 1 aromatic carbocycles. The maximum absolute atomic E-state index is 12.4. The molecule has 1 atom stereocenters. The van der Waals surface area contributed by atoms with Gasteiger partial charge < -0.3 is 10.2 Å². The third-order valence-electron chi connectivity index (χ3n) is 3.95. The van der Waals surface area contributed by atoms with E-state index in [4.69, 9.17) is 0 Å². The third-order valence-corrected chi connectivity index (χ3v) is 3.95. The topological polar surface area (TPSA) is 78.1 Å². The SMILES string of the molecule is CC(=O)N1C=Cc2ccccc2[C@@H]1CC(=O)Nc1cn[nH]c1C. The molecule has 118 valence electrons. The highest BCUT2D eigenvalue weighted by Crippen LogP contribution is 2.33. The second-order valence-corrected chi connectivity index (χ2v) is 5.55. The van der Waals surface area contributed by atoms with E-state index in [9.17, 15) is 9.59 Å². The Morgan fingerprint density at radius 3 is 2.83 bits per heavy atom. The molecule has 2 heterocycles. The van der Waals surface area contributed by atoms with Crippen LogP contribution in [0.5, 0.6) is 0 Å². The predicted octanol–water partition coefficient (Wildman–Crippen LogP) is 2.62. The number of nitrogens with zero attached hydrogens (tertiary/aromatic N) is 2. The van der Waals surface area contributed by atoms with Gasteiger partial charge in [-0.1, -0.05) is 24.3 Å². The summed E-state index contributed by atoms with van der Waals surface area (Å²) in [7, 11) is 0. The number of aryl methyl sites for hydroxylation is 1. The second-order valence-electron chi connectivity index (χ2n) is 5.55. The summed E-state index contributed by atoms with van der Waals surface area (Å²) in [5, 5.41) is 9.50. The van der Waals surface area contributed by atoms with Crippen molar-refractivity contribution in [3.8, 4) is 0 Å². The molecule has 0 saturated carbocycles. The molecule has 0 unspecified atom stereocenters. The van der Waals surface area contributed by atoms with E-state index in [2.05, 4.69) is 15.5 Å². The highest BCUT2D eigenvalue weighted by Gasteiger charge is 2.28. The van der Waals surface area contributed by atoms with E-state index < -0.39 is 0 Å². The smallest absolute Gasteiger partial charge is 0.226 e. The number of hydrogen-bond donors (Lipinski definition) is 2. The molecule has 2 N–H and O–H groups in total. The lowest BCUT2D eigenvalue weighted by molar-refractivity contribution is -0.129. The average molecular weight is 310 g/mol. The standard InChI is InChI=1S/C17H18N4O2/c1-11-15(10-18-20-11)19-17(23)9-16-14-6-4-3-5-13(14)7-8-21(16)12(2)22/h3-8,10,16H,9H2,1-2H3,(H,18,20)(H,19,23)/t16-/m0/s1. The van der Waals surface area contributed by atoms with E-state index in [0.29, 0.717) is 5.69 Å². The van der Waals surface area contributed by atoms with Crippen LogP contribution in [-0.4, -0.2) is 26.9 Å². The van der Waals surface area contributed by atoms with Gasteiger partial charge in [-0.3, -0.25) is 14.7 Å². The van der Waals surface area contributed by atoms with E-state index in [-0.39, 0.29) is 24.3 Å². The Balaban J connectivity index is 1.83. The molecular formula is C17H18N4O2. The Labute approximate surface area is 134 Å². The van der Waals surface area contributed by atoms with Gasteiger partial charge in [-0.2, -0.15) is 5.10 Å². The van der Waals surface area contributed by atoms with Gasteiger partial charge in [0.2, 0.25) is 11.8 Å². The molecule has 0 saturated heterocycles. The Kier molecular flexibility index (Phi) is 3.97. The van der Waals surface area contributed by atoms with Gasteiger partial charge in [-0.25, -0.2) is 0 Å². The van der Waals surface area contributed by atoms with Gasteiger partial charge in [0, 0.05) is 13.1 Å². The van der Waals surface area contributed by atoms with Crippen LogP contribution in [0, 0.1) is 6.92 Å². The van der Waals surface area contributed by atoms with E-state index in [1.54, 1.807) is 17.3 Å². The zero-order valence-corrected chi connectivity index (χ0v) is 13.0. The average Bonchev–Trinajstić information content (AvgIpc) is 2.92. The van der Waals surface area contributed by atoms with Gasteiger partial charge in [0.1, 0.15) is 0 Å². The first-order chi connectivity index (χ1) is 11.1. The zero-order valence-electron chi connectivity index (χ0n) is 13.0. The lowest BCUT2D eigenvalue weighted by Crippen LogP contribution is -2.33. The molecule has 0 radical (unpaired) electrons. The molecular weight excluding hydrogens is 292 g/mol. The molecule has 0 fully saturated rings. The Hall–Kier alpha value is -2.89. The minimum atomic E-state index is -0.305. The van der Waals surface area contributed by atoms with Crippen LogP contribution >= 0.6 is 0 Å². The Bertz CT molecular complexity index is 778. The summed E-state index contributed by atoms with van der Waals surface area (Å²) in [6, 6.07) is 7.49. The van der Waals surface area contributed by atoms with Crippen molar-refractivity contribution in [2.45, 2.75) is 26.3 Å². The normalized spacial score (nSPS) is 16.1. The fourth-order valence-electron chi connectivity index (χ4n) is 2.77. The largest absolute Gasteiger partial charge is 0.323 e. The van der Waals surface area contributed by atoms with Crippen molar-refractivity contribution in [2.75, 3.05) is 5.32 Å². The molecule has 2 amide bonds. The number of fused-ring (bicyclic) bond motifs is 1. The first kappa shape index (κ1) is 15.0. The summed E-state index contributed by atoms with van der Waals surface area (Å²) < 4.78 is 0. The minimum Gasteiger partial charge on any atom is -0.323 e. The minimum absolute atomic E-state index is 0.0898. The van der Waals surface area contributed by atoms with Crippen LogP contribution in [0.1, 0.15) is 36.2 Å². The van der Waals surface area contributed by atoms with Crippen molar-refractivity contribution in [3.63, 3.8) is 0 Å². The number of aromatic nitrogens is 2. The zero-order chi connectivity index (χ0) is 16.4. The van der Waals surface area contributed by atoms with Crippen molar-refractivity contribution in [3.05, 3.63) is 53.5 Å². The second kappa shape index (κ2) is 6.08. The first-order valence-corrected chi connectivity index (χ1v) is 7.42. The van der Waals surface area contributed by atoms with Gasteiger partial charge in [-0.15, -0.1) is 0 Å². The van der Waals surface area contributed by atoms with Gasteiger partial charge in [0.15, 0.2) is 0 Å².